The molecule has 1 fully saturated rings. The van der Waals surface area contributed by atoms with Crippen LogP contribution in [-0.2, 0) is 4.79 Å². The van der Waals surface area contributed by atoms with Crippen LogP contribution in [0.1, 0.15) is 5.56 Å². The Hall–Kier alpha value is -2.51. The zero-order chi connectivity index (χ0) is 16.5. The fourth-order valence-electron chi connectivity index (χ4n) is 2.39. The third-order valence-corrected chi connectivity index (χ3v) is 5.29. The number of hydrogen-bond donors (Lipinski definition) is 0. The van der Waals surface area contributed by atoms with E-state index in [-0.39, 0.29) is 5.91 Å². The van der Waals surface area contributed by atoms with Crippen LogP contribution in [0.4, 0.5) is 5.13 Å². The molecular weight excluding hydrogens is 340 g/mol. The molecule has 0 unspecified atom stereocenters. The number of rotatable bonds is 2. The molecule has 5 nitrogen and oxygen atoms in total. The Balaban J connectivity index is 1.74. The van der Waals surface area contributed by atoms with Crippen molar-refractivity contribution in [1.82, 2.24) is 14.9 Å². The third-order valence-electron chi connectivity index (χ3n) is 3.56. The van der Waals surface area contributed by atoms with Gasteiger partial charge in [0.05, 0.1) is 10.4 Å². The second-order valence-corrected chi connectivity index (χ2v) is 6.99. The molecule has 0 saturated carbocycles. The number of pyridine rings is 1. The van der Waals surface area contributed by atoms with E-state index in [4.69, 9.17) is 0 Å². The van der Waals surface area contributed by atoms with Crippen LogP contribution in [0.3, 0.4) is 0 Å². The van der Waals surface area contributed by atoms with Gasteiger partial charge < -0.3 is 0 Å². The maximum absolute atomic E-state index is 12.5. The van der Waals surface area contributed by atoms with Gasteiger partial charge in [0.25, 0.3) is 5.91 Å². The molecule has 3 aromatic rings. The summed E-state index contributed by atoms with van der Waals surface area (Å²) in [5, 5.41) is 4.19. The fraction of sp³-hybridized carbons (Fsp3) is 0.0588. The Kier molecular flexibility index (Phi) is 3.87. The second kappa shape index (κ2) is 6.18. The molecule has 0 aliphatic carbocycles. The van der Waals surface area contributed by atoms with Gasteiger partial charge in [-0.1, -0.05) is 24.3 Å². The number of hydrogen-bond acceptors (Lipinski definition) is 6. The minimum absolute atomic E-state index is 0.0664. The van der Waals surface area contributed by atoms with Crippen LogP contribution in [0.2, 0.25) is 0 Å². The molecule has 24 heavy (non-hydrogen) atoms. The van der Waals surface area contributed by atoms with Crippen molar-refractivity contribution < 1.29 is 4.79 Å². The summed E-state index contributed by atoms with van der Waals surface area (Å²) in [6, 6.07) is 9.85. The fourth-order valence-corrected chi connectivity index (χ4v) is 3.91. The summed E-state index contributed by atoms with van der Waals surface area (Å²) in [5.74, 6) is -0.0664. The number of para-hydroxylation sites is 1. The lowest BCUT2D eigenvalue weighted by molar-refractivity contribution is -0.121. The van der Waals surface area contributed by atoms with Gasteiger partial charge in [-0.15, -0.1) is 11.3 Å². The van der Waals surface area contributed by atoms with E-state index in [1.807, 2.05) is 41.8 Å². The quantitative estimate of drug-likeness (QED) is 0.656. The standard InChI is InChI=1S/C17H12N4OS2/c1-21-15(22)13(24-17(21)20-16-19-8-9-23-16)10-12-5-2-4-11-6-3-7-18-14(11)12/h2-10H,1H3/b13-10-,20-17-. The summed E-state index contributed by atoms with van der Waals surface area (Å²) in [7, 11) is 1.73. The van der Waals surface area contributed by atoms with E-state index >= 15 is 0 Å². The summed E-state index contributed by atoms with van der Waals surface area (Å²) in [5.41, 5.74) is 1.81. The number of thiazole rings is 1. The van der Waals surface area contributed by atoms with Crippen LogP contribution in [-0.4, -0.2) is 33.0 Å². The Bertz CT molecular complexity index is 974. The molecule has 2 aromatic heterocycles. The second-order valence-electron chi connectivity index (χ2n) is 5.11. The minimum atomic E-state index is -0.0664. The Morgan fingerprint density at radius 2 is 2.04 bits per heavy atom. The molecule has 0 spiro atoms. The minimum Gasteiger partial charge on any atom is -0.289 e. The van der Waals surface area contributed by atoms with Gasteiger partial charge in [-0.2, -0.15) is 4.99 Å². The summed E-state index contributed by atoms with van der Waals surface area (Å²) < 4.78 is 0. The highest BCUT2D eigenvalue weighted by Crippen LogP contribution is 2.34. The van der Waals surface area contributed by atoms with Crippen molar-refractivity contribution >= 4 is 56.3 Å². The van der Waals surface area contributed by atoms with Crippen molar-refractivity contribution in [3.63, 3.8) is 0 Å². The first-order chi connectivity index (χ1) is 11.7. The van der Waals surface area contributed by atoms with Crippen molar-refractivity contribution in [3.8, 4) is 0 Å². The summed E-state index contributed by atoms with van der Waals surface area (Å²) in [6.07, 6.45) is 5.34. The van der Waals surface area contributed by atoms with Gasteiger partial charge in [-0.05, 0) is 23.9 Å². The lowest BCUT2D eigenvalue weighted by Crippen LogP contribution is -2.23. The molecule has 1 amide bonds. The first kappa shape index (κ1) is 15.0. The molecule has 1 aliphatic heterocycles. The predicted octanol–water partition coefficient (Wildman–Crippen LogP) is 3.93. The van der Waals surface area contributed by atoms with Gasteiger partial charge in [-0.25, -0.2) is 4.98 Å². The largest absolute Gasteiger partial charge is 0.289 e. The van der Waals surface area contributed by atoms with Crippen LogP contribution >= 0.6 is 23.1 Å². The molecule has 0 radical (unpaired) electrons. The summed E-state index contributed by atoms with van der Waals surface area (Å²) in [4.78, 5) is 27.7. The van der Waals surface area contributed by atoms with Gasteiger partial charge in [-0.3, -0.25) is 14.7 Å². The first-order valence-corrected chi connectivity index (χ1v) is 8.91. The monoisotopic (exact) mass is 352 g/mol. The molecule has 0 N–H and O–H groups in total. The number of aliphatic imine (C=N–C) groups is 1. The predicted molar refractivity (Wildman–Crippen MR) is 99.3 cm³/mol. The molecule has 1 aromatic carbocycles. The van der Waals surface area contributed by atoms with E-state index in [1.165, 1.54) is 23.1 Å². The number of thioether (sulfide) groups is 1. The molecule has 1 saturated heterocycles. The van der Waals surface area contributed by atoms with Crippen LogP contribution in [0.5, 0.6) is 0 Å². The average molecular weight is 352 g/mol. The van der Waals surface area contributed by atoms with Crippen molar-refractivity contribution in [1.29, 1.82) is 0 Å². The van der Waals surface area contributed by atoms with Gasteiger partial charge in [0, 0.05) is 35.8 Å². The number of amidine groups is 1. The van der Waals surface area contributed by atoms with Crippen molar-refractivity contribution in [2.24, 2.45) is 4.99 Å². The maximum atomic E-state index is 12.5. The number of amides is 1. The molecule has 3 heterocycles. The summed E-state index contributed by atoms with van der Waals surface area (Å²) >= 11 is 2.80. The number of nitrogens with zero attached hydrogens (tertiary/aromatic N) is 4. The number of benzene rings is 1. The van der Waals surface area contributed by atoms with E-state index in [1.54, 1.807) is 24.3 Å². The molecule has 4 rings (SSSR count). The van der Waals surface area contributed by atoms with Crippen LogP contribution in [0, 0.1) is 0 Å². The number of carbonyl (C=O) groups is 1. The van der Waals surface area contributed by atoms with E-state index in [0.29, 0.717) is 15.2 Å². The number of carbonyl (C=O) groups excluding carboxylic acids is 1. The number of fused-ring (bicyclic) bond motifs is 1. The zero-order valence-corrected chi connectivity index (χ0v) is 14.3. The van der Waals surface area contributed by atoms with Crippen molar-refractivity contribution in [3.05, 3.63) is 58.6 Å². The number of aromatic nitrogens is 2. The Morgan fingerprint density at radius 1 is 1.17 bits per heavy atom. The molecule has 1 aliphatic rings. The topological polar surface area (TPSA) is 58.5 Å². The lowest BCUT2D eigenvalue weighted by atomic mass is 10.1. The highest BCUT2D eigenvalue weighted by Gasteiger charge is 2.30. The van der Waals surface area contributed by atoms with Gasteiger partial charge in [0.15, 0.2) is 5.17 Å². The van der Waals surface area contributed by atoms with Crippen molar-refractivity contribution in [2.75, 3.05) is 7.05 Å². The van der Waals surface area contributed by atoms with E-state index in [2.05, 4.69) is 15.0 Å². The normalized spacial score (nSPS) is 18.2. The first-order valence-electron chi connectivity index (χ1n) is 7.22. The highest BCUT2D eigenvalue weighted by atomic mass is 32.2. The van der Waals surface area contributed by atoms with Crippen LogP contribution in [0.25, 0.3) is 17.0 Å². The molecule has 0 atom stereocenters. The van der Waals surface area contributed by atoms with E-state index in [0.717, 1.165) is 16.5 Å². The Labute approximate surface area is 146 Å². The Morgan fingerprint density at radius 3 is 2.88 bits per heavy atom. The maximum Gasteiger partial charge on any atom is 0.266 e. The van der Waals surface area contributed by atoms with Crippen LogP contribution in [0.15, 0.2) is 58.0 Å². The van der Waals surface area contributed by atoms with Gasteiger partial charge in [0.1, 0.15) is 0 Å². The lowest BCUT2D eigenvalue weighted by Gasteiger charge is -2.05. The summed E-state index contributed by atoms with van der Waals surface area (Å²) in [6.45, 7) is 0. The SMILES string of the molecule is CN1C(=O)/C(=C/c2cccc3cccnc23)S/C1=N\c1nccs1. The average Bonchev–Trinajstić information content (AvgIpc) is 3.20. The van der Waals surface area contributed by atoms with E-state index < -0.39 is 0 Å². The van der Waals surface area contributed by atoms with Crippen molar-refractivity contribution in [2.45, 2.75) is 0 Å². The van der Waals surface area contributed by atoms with Gasteiger partial charge in [0.2, 0.25) is 5.13 Å². The number of likely N-dealkylation sites (N-methyl/N-ethyl adjacent to an activating group) is 1. The van der Waals surface area contributed by atoms with Gasteiger partial charge >= 0.3 is 0 Å². The molecule has 7 heteroatoms. The molecular formula is C17H12N4OS2. The molecule has 118 valence electrons. The highest BCUT2D eigenvalue weighted by molar-refractivity contribution is 8.18. The van der Waals surface area contributed by atoms with Crippen LogP contribution < -0.4 is 0 Å². The molecule has 0 bridgehead atoms. The third kappa shape index (κ3) is 2.72. The van der Waals surface area contributed by atoms with E-state index in [9.17, 15) is 4.79 Å². The zero-order valence-electron chi connectivity index (χ0n) is 12.7. The smallest absolute Gasteiger partial charge is 0.266 e.